The highest BCUT2D eigenvalue weighted by Crippen LogP contribution is 2.18. The molecule has 0 saturated heterocycles. The van der Waals surface area contributed by atoms with Crippen molar-refractivity contribution in [2.75, 3.05) is 0 Å². The van der Waals surface area contributed by atoms with Crippen LogP contribution in [0.5, 0.6) is 0 Å². The normalized spacial score (nSPS) is 11.7. The first-order valence-electron chi connectivity index (χ1n) is 10.1. The predicted molar refractivity (Wildman–Crippen MR) is 117 cm³/mol. The smallest absolute Gasteiger partial charge is 0.222 e. The van der Waals surface area contributed by atoms with Crippen LogP contribution in [0.2, 0.25) is 0 Å². The lowest BCUT2D eigenvalue weighted by atomic mass is 10.0. The monoisotopic (exact) mass is 404 g/mol. The van der Waals surface area contributed by atoms with Gasteiger partial charge in [0.05, 0.1) is 24.7 Å². The molecule has 1 heterocycles. The molecule has 30 heavy (non-hydrogen) atoms. The molecule has 3 aromatic rings. The van der Waals surface area contributed by atoms with E-state index in [9.17, 15) is 9.59 Å². The molecular weight excluding hydrogens is 376 g/mol. The molecule has 3 rings (SSSR count). The first-order chi connectivity index (χ1) is 14.4. The molecular formula is C24H28N4O2. The van der Waals surface area contributed by atoms with E-state index in [4.69, 9.17) is 0 Å². The van der Waals surface area contributed by atoms with Crippen LogP contribution in [0.1, 0.15) is 47.5 Å². The SMILES string of the molecule is CC(=O)N[C@H](CC(=O)NCc1c(C)nn(Cc2ccccc2)c1C)c1ccccc1. The van der Waals surface area contributed by atoms with Crippen molar-refractivity contribution < 1.29 is 9.59 Å². The van der Waals surface area contributed by atoms with Gasteiger partial charge >= 0.3 is 0 Å². The Labute approximate surface area is 177 Å². The van der Waals surface area contributed by atoms with Crippen LogP contribution < -0.4 is 10.6 Å². The minimum atomic E-state index is -0.355. The fourth-order valence-corrected chi connectivity index (χ4v) is 3.53. The minimum Gasteiger partial charge on any atom is -0.352 e. The molecule has 0 aliphatic rings. The molecule has 0 radical (unpaired) electrons. The van der Waals surface area contributed by atoms with Crippen molar-refractivity contribution in [1.82, 2.24) is 20.4 Å². The van der Waals surface area contributed by atoms with E-state index < -0.39 is 0 Å². The Hall–Kier alpha value is -3.41. The number of benzene rings is 2. The standard InChI is InChI=1S/C24H28N4O2/c1-17-22(18(2)28(27-17)16-20-10-6-4-7-11-20)15-25-24(30)14-23(26-19(3)29)21-12-8-5-9-13-21/h4-13,23H,14-16H2,1-3H3,(H,25,30)(H,26,29)/t23-/m1/s1. The highest BCUT2D eigenvalue weighted by molar-refractivity contribution is 5.79. The second-order valence-corrected chi connectivity index (χ2v) is 7.44. The first-order valence-corrected chi connectivity index (χ1v) is 10.1. The van der Waals surface area contributed by atoms with Gasteiger partial charge in [-0.15, -0.1) is 0 Å². The van der Waals surface area contributed by atoms with Crippen LogP contribution in [0.3, 0.4) is 0 Å². The summed E-state index contributed by atoms with van der Waals surface area (Å²) in [5.74, 6) is -0.280. The Kier molecular flexibility index (Phi) is 7.01. The Morgan fingerprint density at radius 3 is 2.27 bits per heavy atom. The zero-order chi connectivity index (χ0) is 21.5. The topological polar surface area (TPSA) is 76.0 Å². The second kappa shape index (κ2) is 9.87. The lowest BCUT2D eigenvalue weighted by molar-refractivity contribution is -0.122. The average Bonchev–Trinajstić information content (AvgIpc) is 2.99. The third-order valence-electron chi connectivity index (χ3n) is 5.14. The molecule has 0 fully saturated rings. The molecule has 2 amide bonds. The van der Waals surface area contributed by atoms with E-state index in [1.165, 1.54) is 12.5 Å². The van der Waals surface area contributed by atoms with Crippen molar-refractivity contribution >= 4 is 11.8 Å². The summed E-state index contributed by atoms with van der Waals surface area (Å²) in [4.78, 5) is 24.2. The van der Waals surface area contributed by atoms with E-state index >= 15 is 0 Å². The van der Waals surface area contributed by atoms with Gasteiger partial charge in [0.25, 0.3) is 0 Å². The van der Waals surface area contributed by atoms with Crippen LogP contribution in [0.25, 0.3) is 0 Å². The maximum Gasteiger partial charge on any atom is 0.222 e. The van der Waals surface area contributed by atoms with Crippen molar-refractivity contribution in [3.05, 3.63) is 88.7 Å². The molecule has 6 heteroatoms. The molecule has 0 saturated carbocycles. The van der Waals surface area contributed by atoms with Gasteiger partial charge in [-0.1, -0.05) is 60.7 Å². The number of hydrogen-bond donors (Lipinski definition) is 2. The van der Waals surface area contributed by atoms with Crippen LogP contribution >= 0.6 is 0 Å². The van der Waals surface area contributed by atoms with Crippen LogP contribution in [0.15, 0.2) is 60.7 Å². The number of aromatic nitrogens is 2. The Morgan fingerprint density at radius 2 is 1.63 bits per heavy atom. The van der Waals surface area contributed by atoms with Crippen molar-refractivity contribution in [2.45, 2.75) is 46.3 Å². The van der Waals surface area contributed by atoms with Crippen molar-refractivity contribution in [2.24, 2.45) is 0 Å². The van der Waals surface area contributed by atoms with Gasteiger partial charge in [-0.05, 0) is 25.0 Å². The number of carbonyl (C=O) groups is 2. The maximum atomic E-state index is 12.6. The van der Waals surface area contributed by atoms with Gasteiger partial charge in [0.2, 0.25) is 11.8 Å². The summed E-state index contributed by atoms with van der Waals surface area (Å²) in [6.45, 7) is 6.54. The van der Waals surface area contributed by atoms with E-state index in [1.54, 1.807) is 0 Å². The third kappa shape index (κ3) is 5.56. The number of carbonyl (C=O) groups excluding carboxylic acids is 2. The van der Waals surface area contributed by atoms with Crippen molar-refractivity contribution in [3.8, 4) is 0 Å². The van der Waals surface area contributed by atoms with Crippen molar-refractivity contribution in [3.63, 3.8) is 0 Å². The van der Waals surface area contributed by atoms with E-state index in [2.05, 4.69) is 27.9 Å². The maximum absolute atomic E-state index is 12.6. The van der Waals surface area contributed by atoms with Crippen LogP contribution in [0, 0.1) is 13.8 Å². The highest BCUT2D eigenvalue weighted by atomic mass is 16.2. The molecule has 156 valence electrons. The molecule has 2 N–H and O–H groups in total. The first kappa shape index (κ1) is 21.3. The minimum absolute atomic E-state index is 0.118. The Balaban J connectivity index is 1.64. The van der Waals surface area contributed by atoms with Crippen LogP contribution in [0.4, 0.5) is 0 Å². The lowest BCUT2D eigenvalue weighted by Gasteiger charge is -2.18. The zero-order valence-corrected chi connectivity index (χ0v) is 17.7. The molecule has 2 aromatic carbocycles. The van der Waals surface area contributed by atoms with E-state index in [-0.39, 0.29) is 24.3 Å². The number of rotatable bonds is 8. The van der Waals surface area contributed by atoms with Gasteiger partial charge in [-0.3, -0.25) is 14.3 Å². The summed E-state index contributed by atoms with van der Waals surface area (Å²) in [7, 11) is 0. The van der Waals surface area contributed by atoms with Crippen molar-refractivity contribution in [1.29, 1.82) is 0 Å². The molecule has 0 spiro atoms. The molecule has 0 unspecified atom stereocenters. The van der Waals surface area contributed by atoms with Crippen LogP contribution in [-0.4, -0.2) is 21.6 Å². The summed E-state index contributed by atoms with van der Waals surface area (Å²) in [6, 6.07) is 19.3. The Bertz CT molecular complexity index is 997. The van der Waals surface area contributed by atoms with E-state index in [1.807, 2.05) is 67.1 Å². The number of nitrogens with zero attached hydrogens (tertiary/aromatic N) is 2. The van der Waals surface area contributed by atoms with Gasteiger partial charge in [0, 0.05) is 24.7 Å². The van der Waals surface area contributed by atoms with E-state index in [0.717, 1.165) is 22.5 Å². The summed E-state index contributed by atoms with van der Waals surface area (Å²) < 4.78 is 1.97. The lowest BCUT2D eigenvalue weighted by Crippen LogP contribution is -2.32. The van der Waals surface area contributed by atoms with Crippen LogP contribution in [-0.2, 0) is 22.7 Å². The second-order valence-electron chi connectivity index (χ2n) is 7.44. The highest BCUT2D eigenvalue weighted by Gasteiger charge is 2.18. The fourth-order valence-electron chi connectivity index (χ4n) is 3.53. The molecule has 0 aliphatic carbocycles. The summed E-state index contributed by atoms with van der Waals surface area (Å²) >= 11 is 0. The number of hydrogen-bond acceptors (Lipinski definition) is 3. The molecule has 0 bridgehead atoms. The van der Waals surface area contributed by atoms with Gasteiger partial charge < -0.3 is 10.6 Å². The number of nitrogens with one attached hydrogen (secondary N) is 2. The summed E-state index contributed by atoms with van der Waals surface area (Å²) in [5.41, 5.74) is 5.06. The summed E-state index contributed by atoms with van der Waals surface area (Å²) in [6.07, 6.45) is 0.180. The molecule has 6 nitrogen and oxygen atoms in total. The van der Waals surface area contributed by atoms with E-state index in [0.29, 0.717) is 13.1 Å². The summed E-state index contributed by atoms with van der Waals surface area (Å²) in [5, 5.41) is 10.5. The van der Waals surface area contributed by atoms with Gasteiger partial charge in [0.15, 0.2) is 0 Å². The third-order valence-corrected chi connectivity index (χ3v) is 5.14. The number of aryl methyl sites for hydroxylation is 1. The van der Waals surface area contributed by atoms with Gasteiger partial charge in [0.1, 0.15) is 0 Å². The molecule has 1 atom stereocenters. The zero-order valence-electron chi connectivity index (χ0n) is 17.7. The fraction of sp³-hybridized carbons (Fsp3) is 0.292. The average molecular weight is 405 g/mol. The van der Waals surface area contributed by atoms with Gasteiger partial charge in [-0.25, -0.2) is 0 Å². The Morgan fingerprint density at radius 1 is 1.00 bits per heavy atom. The quantitative estimate of drug-likeness (QED) is 0.604. The largest absolute Gasteiger partial charge is 0.352 e. The predicted octanol–water partition coefficient (Wildman–Crippen LogP) is 3.43. The molecule has 1 aromatic heterocycles. The van der Waals surface area contributed by atoms with Gasteiger partial charge in [-0.2, -0.15) is 5.10 Å². The molecule has 0 aliphatic heterocycles. The number of amides is 2.